The van der Waals surface area contributed by atoms with Crippen molar-refractivity contribution in [2.45, 2.75) is 64.0 Å². The summed E-state index contributed by atoms with van der Waals surface area (Å²) < 4.78 is 0. The Hall–Kier alpha value is -0.0800. The van der Waals surface area contributed by atoms with Crippen LogP contribution in [-0.2, 0) is 0 Å². The number of likely N-dealkylation sites (tertiary alicyclic amines) is 1. The van der Waals surface area contributed by atoms with Crippen LogP contribution in [0.15, 0.2) is 0 Å². The van der Waals surface area contributed by atoms with Crippen LogP contribution in [0.25, 0.3) is 0 Å². The van der Waals surface area contributed by atoms with Gasteiger partial charge in [-0.15, -0.1) is 0 Å². The zero-order chi connectivity index (χ0) is 10.7. The number of rotatable bonds is 2. The monoisotopic (exact) mass is 211 g/mol. The molecule has 0 aromatic heterocycles. The van der Waals surface area contributed by atoms with E-state index in [0.717, 1.165) is 13.0 Å². The van der Waals surface area contributed by atoms with Crippen LogP contribution in [0.3, 0.4) is 0 Å². The highest BCUT2D eigenvalue weighted by molar-refractivity contribution is 4.88. The minimum absolute atomic E-state index is 0.0177. The van der Waals surface area contributed by atoms with Gasteiger partial charge in [-0.1, -0.05) is 26.2 Å². The molecule has 0 radical (unpaired) electrons. The topological polar surface area (TPSA) is 23.5 Å². The summed E-state index contributed by atoms with van der Waals surface area (Å²) in [5, 5.41) is 10.1. The van der Waals surface area contributed by atoms with Crippen LogP contribution in [0.5, 0.6) is 0 Å². The SMILES string of the molecule is CCN1CCCCC1C1CCCCC1O. The third-order valence-electron chi connectivity index (χ3n) is 4.35. The molecule has 88 valence electrons. The molecule has 3 unspecified atom stereocenters. The Balaban J connectivity index is 1.99. The first-order chi connectivity index (χ1) is 7.33. The van der Waals surface area contributed by atoms with E-state index in [4.69, 9.17) is 0 Å². The number of aliphatic hydroxyl groups is 1. The van der Waals surface area contributed by atoms with Gasteiger partial charge in [-0.2, -0.15) is 0 Å². The quantitative estimate of drug-likeness (QED) is 0.758. The highest BCUT2D eigenvalue weighted by Gasteiger charge is 2.34. The van der Waals surface area contributed by atoms with Crippen molar-refractivity contribution in [1.82, 2.24) is 4.90 Å². The molecule has 0 aromatic carbocycles. The molecule has 15 heavy (non-hydrogen) atoms. The molecule has 2 rings (SSSR count). The first kappa shape index (κ1) is 11.4. The molecule has 0 spiro atoms. The van der Waals surface area contributed by atoms with Gasteiger partial charge in [0.25, 0.3) is 0 Å². The van der Waals surface area contributed by atoms with Crippen LogP contribution in [0.1, 0.15) is 51.9 Å². The van der Waals surface area contributed by atoms with Crippen LogP contribution >= 0.6 is 0 Å². The van der Waals surface area contributed by atoms with E-state index in [-0.39, 0.29) is 6.10 Å². The maximum atomic E-state index is 10.1. The van der Waals surface area contributed by atoms with E-state index in [9.17, 15) is 5.11 Å². The Morgan fingerprint density at radius 2 is 1.80 bits per heavy atom. The summed E-state index contributed by atoms with van der Waals surface area (Å²) in [6, 6.07) is 0.680. The Morgan fingerprint density at radius 1 is 1.07 bits per heavy atom. The average molecular weight is 211 g/mol. The first-order valence-electron chi connectivity index (χ1n) is 6.75. The van der Waals surface area contributed by atoms with Gasteiger partial charge in [0.15, 0.2) is 0 Å². The van der Waals surface area contributed by atoms with Crippen LogP contribution in [0.4, 0.5) is 0 Å². The van der Waals surface area contributed by atoms with Gasteiger partial charge in [0.2, 0.25) is 0 Å². The van der Waals surface area contributed by atoms with Gasteiger partial charge in [0.1, 0.15) is 0 Å². The van der Waals surface area contributed by atoms with Gasteiger partial charge >= 0.3 is 0 Å². The van der Waals surface area contributed by atoms with Gasteiger partial charge in [-0.3, -0.25) is 0 Å². The standard InChI is InChI=1S/C13H25NO/c1-2-14-10-6-5-8-12(14)11-7-3-4-9-13(11)15/h11-13,15H,2-10H2,1H3. The van der Waals surface area contributed by atoms with Crippen molar-refractivity contribution in [3.63, 3.8) is 0 Å². The van der Waals surface area contributed by atoms with Gasteiger partial charge in [0.05, 0.1) is 6.10 Å². The fourth-order valence-electron chi connectivity index (χ4n) is 3.48. The zero-order valence-corrected chi connectivity index (χ0v) is 9.99. The van der Waals surface area contributed by atoms with Gasteiger partial charge < -0.3 is 10.0 Å². The molecule has 1 aliphatic heterocycles. The van der Waals surface area contributed by atoms with Crippen LogP contribution in [-0.4, -0.2) is 35.2 Å². The van der Waals surface area contributed by atoms with E-state index >= 15 is 0 Å². The minimum Gasteiger partial charge on any atom is -0.393 e. The van der Waals surface area contributed by atoms with Gasteiger partial charge in [-0.05, 0) is 38.8 Å². The van der Waals surface area contributed by atoms with Crippen molar-refractivity contribution in [2.75, 3.05) is 13.1 Å². The van der Waals surface area contributed by atoms with E-state index in [1.54, 1.807) is 0 Å². The highest BCUT2D eigenvalue weighted by atomic mass is 16.3. The minimum atomic E-state index is -0.0177. The van der Waals surface area contributed by atoms with E-state index < -0.39 is 0 Å². The Morgan fingerprint density at radius 3 is 2.53 bits per heavy atom. The predicted molar refractivity (Wildman–Crippen MR) is 62.9 cm³/mol. The third-order valence-corrected chi connectivity index (χ3v) is 4.35. The Kier molecular flexibility index (Phi) is 4.04. The molecule has 2 fully saturated rings. The van der Waals surface area contributed by atoms with E-state index in [1.807, 2.05) is 0 Å². The van der Waals surface area contributed by atoms with Crippen LogP contribution < -0.4 is 0 Å². The molecular formula is C13H25NO. The first-order valence-corrected chi connectivity index (χ1v) is 6.75. The molecular weight excluding hydrogens is 186 g/mol. The van der Waals surface area contributed by atoms with Crippen molar-refractivity contribution in [3.8, 4) is 0 Å². The predicted octanol–water partition coefficient (Wildman–Crippen LogP) is 2.41. The fraction of sp³-hybridized carbons (Fsp3) is 1.00. The van der Waals surface area contributed by atoms with Crippen LogP contribution in [0.2, 0.25) is 0 Å². The van der Waals surface area contributed by atoms with E-state index in [2.05, 4.69) is 11.8 Å². The molecule has 0 bridgehead atoms. The summed E-state index contributed by atoms with van der Waals surface area (Å²) in [6.07, 6.45) is 8.87. The average Bonchev–Trinajstić information content (AvgIpc) is 2.30. The Labute approximate surface area is 93.7 Å². The molecule has 1 heterocycles. The smallest absolute Gasteiger partial charge is 0.0583 e. The van der Waals surface area contributed by atoms with Crippen LogP contribution in [0, 0.1) is 5.92 Å². The van der Waals surface area contributed by atoms with Gasteiger partial charge in [0, 0.05) is 12.0 Å². The fourth-order valence-corrected chi connectivity index (χ4v) is 3.48. The molecule has 2 heteroatoms. The lowest BCUT2D eigenvalue weighted by molar-refractivity contribution is -0.00358. The molecule has 2 aliphatic rings. The van der Waals surface area contributed by atoms with E-state index in [0.29, 0.717) is 12.0 Å². The van der Waals surface area contributed by atoms with Crippen molar-refractivity contribution in [3.05, 3.63) is 0 Å². The van der Waals surface area contributed by atoms with Crippen molar-refractivity contribution < 1.29 is 5.11 Å². The molecule has 1 N–H and O–H groups in total. The summed E-state index contributed by atoms with van der Waals surface area (Å²) in [5.41, 5.74) is 0. The second-order valence-electron chi connectivity index (χ2n) is 5.21. The molecule has 1 saturated heterocycles. The summed E-state index contributed by atoms with van der Waals surface area (Å²) in [4.78, 5) is 2.60. The second kappa shape index (κ2) is 5.31. The number of aliphatic hydroxyl groups excluding tert-OH is 1. The largest absolute Gasteiger partial charge is 0.393 e. The summed E-state index contributed by atoms with van der Waals surface area (Å²) in [5.74, 6) is 0.569. The van der Waals surface area contributed by atoms with Crippen molar-refractivity contribution in [1.29, 1.82) is 0 Å². The lowest BCUT2D eigenvalue weighted by Crippen LogP contribution is -2.48. The summed E-state index contributed by atoms with van der Waals surface area (Å²) >= 11 is 0. The number of piperidine rings is 1. The van der Waals surface area contributed by atoms with Crippen molar-refractivity contribution >= 4 is 0 Å². The third kappa shape index (κ3) is 2.54. The molecule has 2 nitrogen and oxygen atoms in total. The number of hydrogen-bond donors (Lipinski definition) is 1. The number of nitrogens with zero attached hydrogens (tertiary/aromatic N) is 1. The maximum Gasteiger partial charge on any atom is 0.0583 e. The maximum absolute atomic E-state index is 10.1. The molecule has 1 aliphatic carbocycles. The molecule has 3 atom stereocenters. The normalized spacial score (nSPS) is 39.2. The molecule has 1 saturated carbocycles. The second-order valence-corrected chi connectivity index (χ2v) is 5.21. The zero-order valence-electron chi connectivity index (χ0n) is 9.99. The highest BCUT2D eigenvalue weighted by Crippen LogP contribution is 2.33. The Bertz CT molecular complexity index is 195. The van der Waals surface area contributed by atoms with Crippen molar-refractivity contribution in [2.24, 2.45) is 5.92 Å². The number of hydrogen-bond acceptors (Lipinski definition) is 2. The van der Waals surface area contributed by atoms with E-state index in [1.165, 1.54) is 45.1 Å². The lowest BCUT2D eigenvalue weighted by Gasteiger charge is -2.43. The lowest BCUT2D eigenvalue weighted by atomic mass is 9.78. The van der Waals surface area contributed by atoms with Gasteiger partial charge in [-0.25, -0.2) is 0 Å². The summed E-state index contributed by atoms with van der Waals surface area (Å²) in [7, 11) is 0. The molecule has 0 aromatic rings. The summed E-state index contributed by atoms with van der Waals surface area (Å²) in [6.45, 7) is 4.67. The molecule has 0 amide bonds.